The molecule has 7 rings (SSSR count). The molecule has 0 amide bonds. The van der Waals surface area contributed by atoms with Crippen molar-refractivity contribution in [3.63, 3.8) is 0 Å². The van der Waals surface area contributed by atoms with Crippen LogP contribution in [0.4, 0.5) is 15.9 Å². The highest BCUT2D eigenvalue weighted by Crippen LogP contribution is 2.47. The van der Waals surface area contributed by atoms with Crippen molar-refractivity contribution in [2.24, 2.45) is 0 Å². The molecule has 1 spiro atoms. The molecule has 1 aromatic carbocycles. The Morgan fingerprint density at radius 3 is 3.03 bits per heavy atom. The topological polar surface area (TPSA) is 86.0 Å². The number of benzene rings is 1. The molecule has 3 fully saturated rings. The summed E-state index contributed by atoms with van der Waals surface area (Å²) in [5.41, 5.74) is 10.9. The number of alkyl halides is 1. The van der Waals surface area contributed by atoms with Gasteiger partial charge in [-0.05, 0) is 75.3 Å². The highest BCUT2D eigenvalue weighted by atomic mass is 19.1. The number of anilines is 2. The average Bonchev–Trinajstić information content (AvgIpc) is 3.36. The number of fused-ring (bicyclic) bond motifs is 4. The highest BCUT2D eigenvalue weighted by Gasteiger charge is 2.50. The van der Waals surface area contributed by atoms with Crippen molar-refractivity contribution < 1.29 is 18.6 Å². The molecule has 0 bridgehead atoms. The smallest absolute Gasteiger partial charge is 0.318 e. The van der Waals surface area contributed by atoms with Gasteiger partial charge in [0.1, 0.15) is 18.6 Å². The van der Waals surface area contributed by atoms with E-state index in [9.17, 15) is 4.39 Å². The molecule has 4 aliphatic heterocycles. The van der Waals surface area contributed by atoms with Crippen LogP contribution in [0.25, 0.3) is 0 Å². The van der Waals surface area contributed by atoms with Crippen LogP contribution >= 0.6 is 0 Å². The highest BCUT2D eigenvalue weighted by molar-refractivity contribution is 5.54. The summed E-state index contributed by atoms with van der Waals surface area (Å²) in [6.07, 6.45) is 6.42. The normalized spacial score (nSPS) is 32.5. The van der Waals surface area contributed by atoms with Gasteiger partial charge in [-0.2, -0.15) is 9.97 Å². The molecule has 39 heavy (non-hydrogen) atoms. The first-order chi connectivity index (χ1) is 18.9. The van der Waals surface area contributed by atoms with Gasteiger partial charge in [0.15, 0.2) is 0 Å². The molecule has 2 aromatic rings. The largest absolute Gasteiger partial charge is 0.461 e. The maximum atomic E-state index is 14.4. The number of hydrogen-bond donors (Lipinski definition) is 1. The Morgan fingerprint density at radius 1 is 1.18 bits per heavy atom. The number of hydrogen-bond acceptors (Lipinski definition) is 8. The van der Waals surface area contributed by atoms with E-state index in [1.807, 2.05) is 6.07 Å². The molecule has 0 radical (unpaired) electrons. The van der Waals surface area contributed by atoms with Gasteiger partial charge < -0.3 is 24.8 Å². The molecule has 3 saturated heterocycles. The van der Waals surface area contributed by atoms with Gasteiger partial charge in [0.25, 0.3) is 0 Å². The van der Waals surface area contributed by atoms with Crippen LogP contribution in [0.1, 0.15) is 67.8 Å². The summed E-state index contributed by atoms with van der Waals surface area (Å²) in [5, 5.41) is 0. The zero-order valence-corrected chi connectivity index (χ0v) is 23.0. The molecule has 2 N–H and O–H groups in total. The summed E-state index contributed by atoms with van der Waals surface area (Å²) in [6.45, 7) is 6.76. The van der Waals surface area contributed by atoms with Crippen LogP contribution in [0.3, 0.4) is 0 Å². The molecule has 210 valence electrons. The number of nitrogen functional groups attached to an aromatic ring is 1. The Kier molecular flexibility index (Phi) is 6.44. The maximum Gasteiger partial charge on any atom is 0.318 e. The molecule has 5 aliphatic rings. The van der Waals surface area contributed by atoms with E-state index < -0.39 is 11.8 Å². The van der Waals surface area contributed by atoms with Gasteiger partial charge >= 0.3 is 6.01 Å². The third kappa shape index (κ3) is 4.46. The SMILES string of the molecule is CC1COCCCN1c1nc(OCC23CCCN2CC(F)C3)nc2c1COC1(CCCc3ccc(N)cc31)C2. The second-order valence-corrected chi connectivity index (χ2v) is 12.3. The predicted octanol–water partition coefficient (Wildman–Crippen LogP) is 3.93. The van der Waals surface area contributed by atoms with Crippen molar-refractivity contribution in [1.29, 1.82) is 0 Å². The monoisotopic (exact) mass is 537 g/mol. The number of aromatic nitrogens is 2. The Morgan fingerprint density at radius 2 is 2.10 bits per heavy atom. The summed E-state index contributed by atoms with van der Waals surface area (Å²) < 4.78 is 33.5. The van der Waals surface area contributed by atoms with Crippen LogP contribution in [0.2, 0.25) is 0 Å². The molecule has 8 nitrogen and oxygen atoms in total. The second kappa shape index (κ2) is 9.85. The summed E-state index contributed by atoms with van der Waals surface area (Å²) in [4.78, 5) is 14.7. The van der Waals surface area contributed by atoms with E-state index >= 15 is 0 Å². The Labute approximate surface area is 230 Å². The number of ether oxygens (including phenoxy) is 3. The van der Waals surface area contributed by atoms with E-state index in [4.69, 9.17) is 29.9 Å². The van der Waals surface area contributed by atoms with E-state index in [1.54, 1.807) is 0 Å². The molecule has 5 heterocycles. The lowest BCUT2D eigenvalue weighted by Gasteiger charge is -2.43. The van der Waals surface area contributed by atoms with Crippen LogP contribution in [-0.4, -0.2) is 72.1 Å². The lowest BCUT2D eigenvalue weighted by Crippen LogP contribution is -2.44. The second-order valence-electron chi connectivity index (χ2n) is 12.3. The zero-order valence-electron chi connectivity index (χ0n) is 23.0. The van der Waals surface area contributed by atoms with Gasteiger partial charge in [-0.1, -0.05) is 6.07 Å². The van der Waals surface area contributed by atoms with Gasteiger partial charge in [-0.15, -0.1) is 0 Å². The number of rotatable bonds is 4. The number of halogens is 1. The molecule has 4 atom stereocenters. The lowest BCUT2D eigenvalue weighted by molar-refractivity contribution is -0.0855. The summed E-state index contributed by atoms with van der Waals surface area (Å²) in [6, 6.07) is 6.80. The fraction of sp³-hybridized carbons (Fsp3) is 0.667. The first kappa shape index (κ1) is 25.5. The fourth-order valence-electron chi connectivity index (χ4n) is 7.76. The van der Waals surface area contributed by atoms with Crippen LogP contribution in [-0.2, 0) is 34.5 Å². The van der Waals surface area contributed by atoms with Gasteiger partial charge in [-0.3, -0.25) is 4.90 Å². The molecule has 9 heteroatoms. The molecular weight excluding hydrogens is 497 g/mol. The minimum Gasteiger partial charge on any atom is -0.461 e. The standard InChI is InChI=1S/C30H40FN5O3/c1-20-17-37-12-4-11-36(20)27-24-18-39-30(9-2-5-21-6-7-23(32)13-25(21)30)15-26(24)33-28(34-27)38-19-29-8-3-10-35(29)16-22(31)14-29/h6-7,13,20,22H,2-5,8-12,14-19,32H2,1H3. The maximum absolute atomic E-state index is 14.4. The summed E-state index contributed by atoms with van der Waals surface area (Å²) >= 11 is 0. The van der Waals surface area contributed by atoms with Crippen molar-refractivity contribution in [2.45, 2.75) is 88.3 Å². The average molecular weight is 538 g/mol. The third-order valence-electron chi connectivity index (χ3n) is 9.73. The minimum atomic E-state index is -0.789. The van der Waals surface area contributed by atoms with E-state index in [2.05, 4.69) is 28.9 Å². The van der Waals surface area contributed by atoms with Crippen LogP contribution in [0, 0.1) is 0 Å². The Bertz CT molecular complexity index is 1250. The van der Waals surface area contributed by atoms with E-state index in [0.717, 1.165) is 81.0 Å². The van der Waals surface area contributed by atoms with Gasteiger partial charge in [0, 0.05) is 43.8 Å². The van der Waals surface area contributed by atoms with Crippen LogP contribution < -0.4 is 15.4 Å². The van der Waals surface area contributed by atoms with E-state index in [0.29, 0.717) is 45.2 Å². The van der Waals surface area contributed by atoms with Crippen molar-refractivity contribution in [1.82, 2.24) is 14.9 Å². The first-order valence-corrected chi connectivity index (χ1v) is 14.7. The fourth-order valence-corrected chi connectivity index (χ4v) is 7.76. The molecule has 1 aliphatic carbocycles. The van der Waals surface area contributed by atoms with Gasteiger partial charge in [-0.25, -0.2) is 4.39 Å². The van der Waals surface area contributed by atoms with Crippen molar-refractivity contribution >= 4 is 11.5 Å². The van der Waals surface area contributed by atoms with E-state index in [-0.39, 0.29) is 11.6 Å². The van der Waals surface area contributed by atoms with Crippen molar-refractivity contribution in [3.05, 3.63) is 40.6 Å². The molecule has 0 saturated carbocycles. The van der Waals surface area contributed by atoms with Gasteiger partial charge in [0.2, 0.25) is 0 Å². The number of nitrogens with zero attached hydrogens (tertiary/aromatic N) is 4. The predicted molar refractivity (Wildman–Crippen MR) is 147 cm³/mol. The van der Waals surface area contributed by atoms with Gasteiger partial charge in [0.05, 0.1) is 36.1 Å². The molecular formula is C30H40FN5O3. The summed E-state index contributed by atoms with van der Waals surface area (Å²) in [7, 11) is 0. The van der Waals surface area contributed by atoms with E-state index in [1.165, 1.54) is 11.1 Å². The zero-order chi connectivity index (χ0) is 26.6. The lowest BCUT2D eigenvalue weighted by atomic mass is 9.74. The number of aryl methyl sites for hydroxylation is 1. The Balaban J connectivity index is 1.26. The van der Waals surface area contributed by atoms with Crippen LogP contribution in [0.15, 0.2) is 18.2 Å². The van der Waals surface area contributed by atoms with Crippen molar-refractivity contribution in [3.8, 4) is 6.01 Å². The first-order valence-electron chi connectivity index (χ1n) is 14.7. The quantitative estimate of drug-likeness (QED) is 0.588. The number of nitrogens with two attached hydrogens (primary N) is 1. The molecule has 4 unspecified atom stereocenters. The summed E-state index contributed by atoms with van der Waals surface area (Å²) in [5.74, 6) is 0.891. The van der Waals surface area contributed by atoms with Crippen molar-refractivity contribution in [2.75, 3.05) is 50.1 Å². The third-order valence-corrected chi connectivity index (χ3v) is 9.73. The minimum absolute atomic E-state index is 0.177. The molecule has 1 aromatic heterocycles. The Hall–Kier alpha value is -2.49. The van der Waals surface area contributed by atoms with Crippen LogP contribution in [0.5, 0.6) is 6.01 Å².